The highest BCUT2D eigenvalue weighted by atomic mass is 79.9. The number of halogens is 1. The summed E-state index contributed by atoms with van der Waals surface area (Å²) in [6, 6.07) is 8.66. The van der Waals surface area contributed by atoms with Crippen molar-refractivity contribution >= 4 is 39.1 Å². The zero-order valence-corrected chi connectivity index (χ0v) is 15.6. The molecule has 0 aliphatic heterocycles. The van der Waals surface area contributed by atoms with Crippen LogP contribution in [0.3, 0.4) is 0 Å². The molecule has 1 heterocycles. The third-order valence-corrected chi connectivity index (χ3v) is 4.77. The molecule has 128 valence electrons. The van der Waals surface area contributed by atoms with Gasteiger partial charge in [-0.3, -0.25) is 9.59 Å². The van der Waals surface area contributed by atoms with E-state index < -0.39 is 0 Å². The Balaban J connectivity index is 1.84. The van der Waals surface area contributed by atoms with Crippen LogP contribution in [-0.2, 0) is 11.3 Å². The summed E-state index contributed by atoms with van der Waals surface area (Å²) in [5.41, 5.74) is 0.391. The zero-order chi connectivity index (χ0) is 17.5. The van der Waals surface area contributed by atoms with Gasteiger partial charge in [0.1, 0.15) is 0 Å². The van der Waals surface area contributed by atoms with Crippen LogP contribution in [0.1, 0.15) is 15.2 Å². The average Bonchev–Trinajstić information content (AvgIpc) is 3.02. The Morgan fingerprint density at radius 1 is 1.08 bits per heavy atom. The highest BCUT2D eigenvalue weighted by Crippen LogP contribution is 2.27. The Bertz CT molecular complexity index is 733. The van der Waals surface area contributed by atoms with Gasteiger partial charge in [0.05, 0.1) is 31.1 Å². The second-order valence-electron chi connectivity index (χ2n) is 4.73. The molecule has 6 nitrogen and oxygen atoms in total. The maximum atomic E-state index is 12.1. The lowest BCUT2D eigenvalue weighted by Gasteiger charge is -2.10. The molecule has 1 aromatic carbocycles. The summed E-state index contributed by atoms with van der Waals surface area (Å²) in [7, 11) is 3.02. The van der Waals surface area contributed by atoms with E-state index in [2.05, 4.69) is 26.6 Å². The normalized spacial score (nSPS) is 10.1. The highest BCUT2D eigenvalue weighted by molar-refractivity contribution is 9.11. The maximum absolute atomic E-state index is 12.1. The molecular weight excluding hydrogens is 396 g/mol. The second kappa shape index (κ2) is 8.70. The van der Waals surface area contributed by atoms with Gasteiger partial charge in [-0.15, -0.1) is 11.3 Å². The number of carbonyl (C=O) groups excluding carboxylic acids is 2. The first-order valence-electron chi connectivity index (χ1n) is 7.04. The molecule has 1 aromatic heterocycles. The van der Waals surface area contributed by atoms with Crippen molar-refractivity contribution in [3.05, 3.63) is 44.6 Å². The van der Waals surface area contributed by atoms with Crippen molar-refractivity contribution in [1.29, 1.82) is 0 Å². The van der Waals surface area contributed by atoms with Crippen LogP contribution in [0.5, 0.6) is 11.5 Å². The fourth-order valence-corrected chi connectivity index (χ4v) is 3.36. The molecule has 0 unspecified atom stereocenters. The minimum atomic E-state index is -0.357. The quantitative estimate of drug-likeness (QED) is 0.732. The Morgan fingerprint density at radius 2 is 1.83 bits per heavy atom. The van der Waals surface area contributed by atoms with E-state index in [-0.39, 0.29) is 18.4 Å². The number of ether oxygens (including phenoxy) is 2. The lowest BCUT2D eigenvalue weighted by atomic mass is 10.2. The van der Waals surface area contributed by atoms with Crippen molar-refractivity contribution in [1.82, 2.24) is 10.6 Å². The minimum absolute atomic E-state index is 0.0975. The van der Waals surface area contributed by atoms with Gasteiger partial charge in [-0.1, -0.05) is 0 Å². The summed E-state index contributed by atoms with van der Waals surface area (Å²) in [5, 5.41) is 5.33. The smallest absolute Gasteiger partial charge is 0.251 e. The van der Waals surface area contributed by atoms with Gasteiger partial charge in [0, 0.05) is 10.4 Å². The van der Waals surface area contributed by atoms with Crippen LogP contribution < -0.4 is 20.1 Å². The van der Waals surface area contributed by atoms with Crippen LogP contribution in [0.25, 0.3) is 0 Å². The summed E-state index contributed by atoms with van der Waals surface area (Å²) >= 11 is 4.91. The third kappa shape index (κ3) is 4.97. The molecule has 0 atom stereocenters. The number of nitrogens with one attached hydrogen (secondary N) is 2. The molecule has 0 aliphatic carbocycles. The number of thiophene rings is 1. The summed E-state index contributed by atoms with van der Waals surface area (Å²) < 4.78 is 11.3. The van der Waals surface area contributed by atoms with E-state index in [4.69, 9.17) is 9.47 Å². The van der Waals surface area contributed by atoms with Crippen molar-refractivity contribution in [3.63, 3.8) is 0 Å². The Kier molecular flexibility index (Phi) is 6.62. The van der Waals surface area contributed by atoms with Crippen molar-refractivity contribution < 1.29 is 19.1 Å². The molecule has 2 amide bonds. The molecule has 0 fully saturated rings. The van der Waals surface area contributed by atoms with Gasteiger partial charge in [0.2, 0.25) is 5.91 Å². The lowest BCUT2D eigenvalue weighted by Crippen LogP contribution is -2.36. The van der Waals surface area contributed by atoms with Gasteiger partial charge >= 0.3 is 0 Å². The fourth-order valence-electron chi connectivity index (χ4n) is 1.94. The van der Waals surface area contributed by atoms with Gasteiger partial charge in [-0.05, 0) is 46.3 Å². The van der Waals surface area contributed by atoms with E-state index in [1.54, 1.807) is 29.5 Å². The monoisotopic (exact) mass is 412 g/mol. The maximum Gasteiger partial charge on any atom is 0.251 e. The number of hydrogen-bond donors (Lipinski definition) is 2. The molecule has 0 aliphatic rings. The zero-order valence-electron chi connectivity index (χ0n) is 13.2. The van der Waals surface area contributed by atoms with Crippen molar-refractivity contribution in [3.8, 4) is 11.5 Å². The molecule has 0 bridgehead atoms. The van der Waals surface area contributed by atoms with E-state index in [0.29, 0.717) is 23.6 Å². The molecule has 2 rings (SSSR count). The Hall–Kier alpha value is -2.06. The molecule has 2 N–H and O–H groups in total. The molecule has 8 heteroatoms. The number of benzene rings is 1. The second-order valence-corrected chi connectivity index (χ2v) is 7.28. The number of hydrogen-bond acceptors (Lipinski definition) is 5. The number of rotatable bonds is 7. The van der Waals surface area contributed by atoms with E-state index in [0.717, 1.165) is 8.66 Å². The van der Waals surface area contributed by atoms with Crippen LogP contribution in [0.15, 0.2) is 34.1 Å². The van der Waals surface area contributed by atoms with Gasteiger partial charge in [0.25, 0.3) is 5.91 Å². The van der Waals surface area contributed by atoms with Crippen molar-refractivity contribution in [2.24, 2.45) is 0 Å². The predicted molar refractivity (Wildman–Crippen MR) is 95.7 cm³/mol. The fraction of sp³-hybridized carbons (Fsp3) is 0.250. The van der Waals surface area contributed by atoms with Crippen LogP contribution in [0, 0.1) is 0 Å². The molecule has 0 spiro atoms. The van der Waals surface area contributed by atoms with Crippen molar-refractivity contribution in [2.45, 2.75) is 6.54 Å². The van der Waals surface area contributed by atoms with E-state index in [1.165, 1.54) is 14.2 Å². The molecule has 2 aromatic rings. The number of methoxy groups -OCH3 is 2. The number of carbonyl (C=O) groups is 2. The molecular formula is C16H17BrN2O4S. The van der Waals surface area contributed by atoms with Gasteiger partial charge in [0.15, 0.2) is 11.5 Å². The summed E-state index contributed by atoms with van der Waals surface area (Å²) in [4.78, 5) is 24.9. The average molecular weight is 413 g/mol. The summed E-state index contributed by atoms with van der Waals surface area (Å²) in [6.07, 6.45) is 0. The highest BCUT2D eigenvalue weighted by Gasteiger charge is 2.12. The van der Waals surface area contributed by atoms with Crippen LogP contribution in [0.4, 0.5) is 0 Å². The first-order valence-corrected chi connectivity index (χ1v) is 8.65. The summed E-state index contributed by atoms with van der Waals surface area (Å²) in [6.45, 7) is 0.334. The van der Waals surface area contributed by atoms with E-state index in [9.17, 15) is 9.59 Å². The van der Waals surface area contributed by atoms with Crippen LogP contribution >= 0.6 is 27.3 Å². The Morgan fingerprint density at radius 3 is 2.46 bits per heavy atom. The summed E-state index contributed by atoms with van der Waals surface area (Å²) in [5.74, 6) is 0.380. The number of amides is 2. The third-order valence-electron chi connectivity index (χ3n) is 3.14. The molecule has 0 radical (unpaired) electrons. The predicted octanol–water partition coefficient (Wildman–Crippen LogP) is 2.57. The lowest BCUT2D eigenvalue weighted by molar-refractivity contribution is -0.120. The van der Waals surface area contributed by atoms with Gasteiger partial charge in [-0.2, -0.15) is 0 Å². The molecule has 24 heavy (non-hydrogen) atoms. The van der Waals surface area contributed by atoms with Crippen molar-refractivity contribution in [2.75, 3.05) is 20.8 Å². The van der Waals surface area contributed by atoms with E-state index in [1.807, 2.05) is 12.1 Å². The van der Waals surface area contributed by atoms with Crippen LogP contribution in [0.2, 0.25) is 0 Å². The van der Waals surface area contributed by atoms with E-state index >= 15 is 0 Å². The molecule has 0 saturated heterocycles. The van der Waals surface area contributed by atoms with Gasteiger partial charge < -0.3 is 20.1 Å². The largest absolute Gasteiger partial charge is 0.493 e. The molecule has 0 saturated carbocycles. The standard InChI is InChI=1S/C16H17BrN2O4S/c1-22-12-5-3-10(7-13(12)23-2)16(21)19-9-15(20)18-8-11-4-6-14(17)24-11/h3-7H,8-9H2,1-2H3,(H,18,20)(H,19,21). The minimum Gasteiger partial charge on any atom is -0.493 e. The first kappa shape index (κ1) is 18.3. The van der Waals surface area contributed by atoms with Crippen LogP contribution in [-0.4, -0.2) is 32.6 Å². The SMILES string of the molecule is COc1ccc(C(=O)NCC(=O)NCc2ccc(Br)s2)cc1OC. The topological polar surface area (TPSA) is 76.7 Å². The first-order chi connectivity index (χ1) is 11.5. The van der Waals surface area contributed by atoms with Gasteiger partial charge in [-0.25, -0.2) is 0 Å². The Labute approximate surface area is 152 Å².